The van der Waals surface area contributed by atoms with Gasteiger partial charge in [-0.3, -0.25) is 0 Å². The molecule has 0 amide bonds. The van der Waals surface area contributed by atoms with Gasteiger partial charge >= 0.3 is 0 Å². The molecular weight excluding hydrogens is 532 g/mol. The van der Waals surface area contributed by atoms with Gasteiger partial charge in [0.2, 0.25) is 0 Å². The van der Waals surface area contributed by atoms with Crippen LogP contribution in [-0.2, 0) is 13.2 Å². The van der Waals surface area contributed by atoms with Crippen molar-refractivity contribution in [2.75, 3.05) is 11.9 Å². The quantitative estimate of drug-likeness (QED) is 0.281. The van der Waals surface area contributed by atoms with E-state index in [4.69, 9.17) is 44.3 Å². The molecule has 0 heterocycles. The average molecular weight is 550 g/mol. The first-order chi connectivity index (χ1) is 14.8. The van der Waals surface area contributed by atoms with Crippen LogP contribution in [-0.4, -0.2) is 11.7 Å². The SMILES string of the molecule is CCOc1cc(CNc2cc(Cl)c(O)c(Cl)c2)cc(Br)c1OCc1c(F)cccc1Cl. The fraction of sp³-hybridized carbons (Fsp3) is 0.182. The summed E-state index contributed by atoms with van der Waals surface area (Å²) in [5.41, 5.74) is 1.80. The molecule has 0 unspecified atom stereocenters. The van der Waals surface area contributed by atoms with E-state index in [-0.39, 0.29) is 28.0 Å². The van der Waals surface area contributed by atoms with E-state index in [0.29, 0.717) is 39.8 Å². The van der Waals surface area contributed by atoms with Gasteiger partial charge < -0.3 is 19.9 Å². The van der Waals surface area contributed by atoms with Crippen molar-refractivity contribution in [3.05, 3.63) is 78.9 Å². The van der Waals surface area contributed by atoms with Crippen LogP contribution in [0.25, 0.3) is 0 Å². The summed E-state index contributed by atoms with van der Waals surface area (Å²) in [6, 6.07) is 11.3. The van der Waals surface area contributed by atoms with Crippen LogP contribution in [0.15, 0.2) is 46.9 Å². The van der Waals surface area contributed by atoms with Crippen molar-refractivity contribution in [2.24, 2.45) is 0 Å². The monoisotopic (exact) mass is 547 g/mol. The lowest BCUT2D eigenvalue weighted by molar-refractivity contribution is 0.264. The Kier molecular flexibility index (Phi) is 8.17. The molecule has 0 bridgehead atoms. The van der Waals surface area contributed by atoms with E-state index in [9.17, 15) is 9.50 Å². The number of phenols is 1. The van der Waals surface area contributed by atoms with Crippen molar-refractivity contribution in [3.63, 3.8) is 0 Å². The van der Waals surface area contributed by atoms with Gasteiger partial charge in [0.05, 0.1) is 26.1 Å². The van der Waals surface area contributed by atoms with Crippen LogP contribution in [0, 0.1) is 5.82 Å². The summed E-state index contributed by atoms with van der Waals surface area (Å²) in [6.45, 7) is 2.65. The van der Waals surface area contributed by atoms with Gasteiger partial charge in [0.25, 0.3) is 0 Å². The highest BCUT2D eigenvalue weighted by molar-refractivity contribution is 9.10. The highest BCUT2D eigenvalue weighted by Gasteiger charge is 2.15. The van der Waals surface area contributed by atoms with Crippen molar-refractivity contribution < 1.29 is 19.0 Å². The molecule has 3 rings (SSSR count). The third-order valence-corrected chi connectivity index (χ3v) is 5.82. The standard InChI is InChI=1S/C22H18BrCl3FNO3/c1-2-30-20-7-12(10-28-13-8-17(25)21(29)18(26)9-13)6-15(23)22(20)31-11-14-16(24)4-3-5-19(14)27/h3-9,28-29H,2,10-11H2,1H3. The zero-order valence-corrected chi connectivity index (χ0v) is 20.2. The Morgan fingerprint density at radius 3 is 2.39 bits per heavy atom. The van der Waals surface area contributed by atoms with E-state index < -0.39 is 5.82 Å². The van der Waals surface area contributed by atoms with Crippen molar-refractivity contribution in [3.8, 4) is 17.2 Å². The molecule has 0 radical (unpaired) electrons. The molecule has 0 aliphatic carbocycles. The highest BCUT2D eigenvalue weighted by atomic mass is 79.9. The molecule has 0 saturated heterocycles. The predicted molar refractivity (Wildman–Crippen MR) is 127 cm³/mol. The van der Waals surface area contributed by atoms with Crippen LogP contribution < -0.4 is 14.8 Å². The number of phenolic OH excluding ortho intramolecular Hbond substituents is 1. The maximum Gasteiger partial charge on any atom is 0.175 e. The summed E-state index contributed by atoms with van der Waals surface area (Å²) in [4.78, 5) is 0. The minimum Gasteiger partial charge on any atom is -0.505 e. The third kappa shape index (κ3) is 5.89. The van der Waals surface area contributed by atoms with Crippen LogP contribution in [0.3, 0.4) is 0 Å². The number of hydrogen-bond acceptors (Lipinski definition) is 4. The Hall–Kier alpha value is -1.86. The van der Waals surface area contributed by atoms with Crippen LogP contribution in [0.2, 0.25) is 15.1 Å². The predicted octanol–water partition coefficient (Wildman–Crippen LogP) is 7.84. The molecule has 4 nitrogen and oxygen atoms in total. The second-order valence-electron chi connectivity index (χ2n) is 6.47. The molecule has 3 aromatic rings. The Bertz CT molecular complexity index is 1050. The number of aromatic hydroxyl groups is 1. The molecule has 0 spiro atoms. The molecule has 9 heteroatoms. The Balaban J connectivity index is 1.80. The maximum atomic E-state index is 14.1. The van der Waals surface area contributed by atoms with E-state index in [0.717, 1.165) is 5.56 Å². The second-order valence-corrected chi connectivity index (χ2v) is 8.54. The zero-order chi connectivity index (χ0) is 22.5. The fourth-order valence-corrected chi connectivity index (χ4v) is 4.12. The van der Waals surface area contributed by atoms with Gasteiger partial charge in [0, 0.05) is 17.8 Å². The minimum absolute atomic E-state index is 0.0493. The van der Waals surface area contributed by atoms with Gasteiger partial charge in [-0.15, -0.1) is 0 Å². The van der Waals surface area contributed by atoms with E-state index in [1.807, 2.05) is 19.1 Å². The van der Waals surface area contributed by atoms with Crippen molar-refractivity contribution >= 4 is 56.4 Å². The lowest BCUT2D eigenvalue weighted by Gasteiger charge is -2.17. The largest absolute Gasteiger partial charge is 0.505 e. The first-order valence-electron chi connectivity index (χ1n) is 9.23. The number of hydrogen-bond donors (Lipinski definition) is 2. The van der Waals surface area contributed by atoms with E-state index >= 15 is 0 Å². The lowest BCUT2D eigenvalue weighted by atomic mass is 10.2. The van der Waals surface area contributed by atoms with Gasteiger partial charge in [-0.05, 0) is 64.8 Å². The van der Waals surface area contributed by atoms with Gasteiger partial charge in [-0.1, -0.05) is 40.9 Å². The van der Waals surface area contributed by atoms with E-state index in [1.54, 1.807) is 24.3 Å². The van der Waals surface area contributed by atoms with Gasteiger partial charge in [0.15, 0.2) is 17.2 Å². The van der Waals surface area contributed by atoms with Crippen LogP contribution in [0.5, 0.6) is 17.2 Å². The summed E-state index contributed by atoms with van der Waals surface area (Å²) in [7, 11) is 0. The first-order valence-corrected chi connectivity index (χ1v) is 11.2. The highest BCUT2D eigenvalue weighted by Crippen LogP contribution is 2.39. The number of ether oxygens (including phenoxy) is 2. The van der Waals surface area contributed by atoms with Gasteiger partial charge in [0.1, 0.15) is 12.4 Å². The van der Waals surface area contributed by atoms with Crippen molar-refractivity contribution in [2.45, 2.75) is 20.1 Å². The maximum absolute atomic E-state index is 14.1. The average Bonchev–Trinajstić information content (AvgIpc) is 2.71. The Morgan fingerprint density at radius 2 is 1.74 bits per heavy atom. The van der Waals surface area contributed by atoms with Crippen LogP contribution in [0.1, 0.15) is 18.1 Å². The molecule has 3 aromatic carbocycles. The van der Waals surface area contributed by atoms with Crippen LogP contribution in [0.4, 0.5) is 10.1 Å². The van der Waals surface area contributed by atoms with E-state index in [1.165, 1.54) is 6.07 Å². The summed E-state index contributed by atoms with van der Waals surface area (Å²) in [5, 5.41) is 13.5. The molecule has 0 saturated carbocycles. The summed E-state index contributed by atoms with van der Waals surface area (Å²) < 4.78 is 26.3. The van der Waals surface area contributed by atoms with Crippen molar-refractivity contribution in [1.29, 1.82) is 0 Å². The normalized spacial score (nSPS) is 10.8. The smallest absolute Gasteiger partial charge is 0.175 e. The van der Waals surface area contributed by atoms with Gasteiger partial charge in [-0.2, -0.15) is 0 Å². The zero-order valence-electron chi connectivity index (χ0n) is 16.3. The molecule has 0 aliphatic rings. The molecule has 0 atom stereocenters. The summed E-state index contributed by atoms with van der Waals surface area (Å²) >= 11 is 21.5. The third-order valence-electron chi connectivity index (χ3n) is 4.31. The number of halogens is 5. The van der Waals surface area contributed by atoms with Crippen LogP contribution >= 0.6 is 50.7 Å². The molecule has 31 heavy (non-hydrogen) atoms. The molecular formula is C22H18BrCl3FNO3. The van der Waals surface area contributed by atoms with Crippen molar-refractivity contribution in [1.82, 2.24) is 0 Å². The Morgan fingerprint density at radius 1 is 1.03 bits per heavy atom. The second kappa shape index (κ2) is 10.6. The summed E-state index contributed by atoms with van der Waals surface area (Å²) in [5.74, 6) is 0.351. The molecule has 0 aliphatic heterocycles. The fourth-order valence-electron chi connectivity index (χ4n) is 2.81. The lowest BCUT2D eigenvalue weighted by Crippen LogP contribution is -2.05. The molecule has 0 aromatic heterocycles. The Labute approximate surface area is 203 Å². The topological polar surface area (TPSA) is 50.7 Å². The number of benzene rings is 3. The molecule has 0 fully saturated rings. The molecule has 164 valence electrons. The summed E-state index contributed by atoms with van der Waals surface area (Å²) in [6.07, 6.45) is 0. The minimum atomic E-state index is -0.436. The molecule has 2 N–H and O–H groups in total. The first kappa shape index (κ1) is 23.8. The van der Waals surface area contributed by atoms with E-state index in [2.05, 4.69) is 21.2 Å². The number of anilines is 1. The number of rotatable bonds is 8. The number of nitrogens with one attached hydrogen (secondary N) is 1. The van der Waals surface area contributed by atoms with Gasteiger partial charge in [-0.25, -0.2) is 4.39 Å².